The molecule has 1 aliphatic heterocycles. The molecule has 1 fully saturated rings. The van der Waals surface area contributed by atoms with E-state index in [1.165, 1.54) is 0 Å². The first-order chi connectivity index (χ1) is 11.2. The van der Waals surface area contributed by atoms with Crippen LogP contribution in [0.4, 0.5) is 0 Å². The van der Waals surface area contributed by atoms with Gasteiger partial charge in [-0.3, -0.25) is 0 Å². The van der Waals surface area contributed by atoms with Crippen molar-refractivity contribution in [3.8, 4) is 0 Å². The van der Waals surface area contributed by atoms with Gasteiger partial charge < -0.3 is 24.8 Å². The number of aliphatic hydroxyl groups is 3. The zero-order valence-electron chi connectivity index (χ0n) is 12.5. The Hall–Kier alpha value is -1.76. The van der Waals surface area contributed by atoms with Crippen LogP contribution in [0.5, 0.6) is 0 Å². The van der Waals surface area contributed by atoms with Crippen molar-refractivity contribution >= 4 is 0 Å². The minimum absolute atomic E-state index is 0.230. The van der Waals surface area contributed by atoms with Crippen molar-refractivity contribution in [1.82, 2.24) is 0 Å². The van der Waals surface area contributed by atoms with Crippen LogP contribution in [-0.4, -0.2) is 39.9 Å². The summed E-state index contributed by atoms with van der Waals surface area (Å²) in [6.45, 7) is 0.230. The van der Waals surface area contributed by atoms with Gasteiger partial charge in [-0.05, 0) is 11.1 Å². The number of benzene rings is 2. The summed E-state index contributed by atoms with van der Waals surface area (Å²) < 4.78 is 11.0. The fraction of sp³-hybridized carbons (Fsp3) is 0.333. The quantitative estimate of drug-likeness (QED) is 0.794. The number of hydrogen-bond acceptors (Lipinski definition) is 5. The van der Waals surface area contributed by atoms with E-state index in [0.29, 0.717) is 0 Å². The van der Waals surface area contributed by atoms with Crippen molar-refractivity contribution in [3.63, 3.8) is 0 Å². The van der Waals surface area contributed by atoms with Crippen molar-refractivity contribution in [2.45, 2.75) is 37.3 Å². The molecule has 1 unspecified atom stereocenters. The van der Waals surface area contributed by atoms with Gasteiger partial charge in [0.2, 0.25) is 0 Å². The zero-order chi connectivity index (χ0) is 16.2. The van der Waals surface area contributed by atoms with Gasteiger partial charge in [-0.2, -0.15) is 0 Å². The van der Waals surface area contributed by atoms with E-state index in [-0.39, 0.29) is 6.61 Å². The topological polar surface area (TPSA) is 79.2 Å². The van der Waals surface area contributed by atoms with E-state index >= 15 is 0 Å². The summed E-state index contributed by atoms with van der Waals surface area (Å²) in [7, 11) is 0. The van der Waals surface area contributed by atoms with Crippen LogP contribution in [0.2, 0.25) is 0 Å². The number of aliphatic hydroxyl groups excluding tert-OH is 3. The summed E-state index contributed by atoms with van der Waals surface area (Å²) in [5, 5.41) is 30.5. The predicted molar refractivity (Wildman–Crippen MR) is 83.3 cm³/mol. The first kappa shape index (κ1) is 16.1. The molecule has 5 nitrogen and oxygen atoms in total. The Bertz CT molecular complexity index is 603. The molecule has 23 heavy (non-hydrogen) atoms. The fourth-order valence-corrected chi connectivity index (χ4v) is 2.73. The molecule has 1 saturated heterocycles. The molecule has 0 bridgehead atoms. The summed E-state index contributed by atoms with van der Waals surface area (Å²) in [4.78, 5) is 0. The van der Waals surface area contributed by atoms with E-state index in [9.17, 15) is 15.3 Å². The van der Waals surface area contributed by atoms with Crippen LogP contribution < -0.4 is 0 Å². The van der Waals surface area contributed by atoms with Crippen molar-refractivity contribution in [2.75, 3.05) is 0 Å². The van der Waals surface area contributed by atoms with E-state index < -0.39 is 30.7 Å². The number of rotatable bonds is 4. The van der Waals surface area contributed by atoms with Crippen LogP contribution in [0, 0.1) is 0 Å². The maximum absolute atomic E-state index is 10.5. The fourth-order valence-electron chi connectivity index (χ4n) is 2.73. The van der Waals surface area contributed by atoms with Crippen LogP contribution >= 0.6 is 0 Å². The smallest absolute Gasteiger partial charge is 0.184 e. The van der Waals surface area contributed by atoms with E-state index in [0.717, 1.165) is 11.1 Å². The van der Waals surface area contributed by atoms with Crippen molar-refractivity contribution in [2.24, 2.45) is 0 Å². The maximum atomic E-state index is 10.5. The van der Waals surface area contributed by atoms with Gasteiger partial charge in [-0.25, -0.2) is 0 Å². The summed E-state index contributed by atoms with van der Waals surface area (Å²) in [5.74, 6) is 0. The van der Waals surface area contributed by atoms with Crippen LogP contribution in [0.1, 0.15) is 17.2 Å². The minimum atomic E-state index is -1.41. The van der Waals surface area contributed by atoms with Gasteiger partial charge in [0.15, 0.2) is 6.29 Å². The standard InChI is InChI=1S/C18H20O5/c19-14-16(13-9-5-2-6-10-13)23-18(21)15(20)17(14)22-11-12-7-3-1-4-8-12/h1-10,14-21H,11H2/t14-,15-,16+,17+,18?/m1/s1. The largest absolute Gasteiger partial charge is 0.387 e. The van der Waals surface area contributed by atoms with E-state index in [2.05, 4.69) is 0 Å². The average molecular weight is 316 g/mol. The molecule has 122 valence electrons. The Labute approximate surface area is 134 Å². The number of hydrogen-bond donors (Lipinski definition) is 3. The Morgan fingerprint density at radius 1 is 0.826 bits per heavy atom. The second-order valence-electron chi connectivity index (χ2n) is 5.60. The molecule has 5 atom stereocenters. The molecule has 0 saturated carbocycles. The molecule has 3 N–H and O–H groups in total. The van der Waals surface area contributed by atoms with Crippen molar-refractivity contribution < 1.29 is 24.8 Å². The third-order valence-corrected chi connectivity index (χ3v) is 3.97. The maximum Gasteiger partial charge on any atom is 0.184 e. The molecule has 5 heteroatoms. The second-order valence-corrected chi connectivity index (χ2v) is 5.60. The lowest BCUT2D eigenvalue weighted by Crippen LogP contribution is -2.55. The lowest BCUT2D eigenvalue weighted by Gasteiger charge is -2.40. The number of ether oxygens (including phenoxy) is 2. The Morgan fingerprint density at radius 2 is 1.43 bits per heavy atom. The zero-order valence-corrected chi connectivity index (χ0v) is 12.5. The van der Waals surface area contributed by atoms with E-state index in [4.69, 9.17) is 9.47 Å². The highest BCUT2D eigenvalue weighted by molar-refractivity contribution is 5.20. The van der Waals surface area contributed by atoms with Gasteiger partial charge in [0.25, 0.3) is 0 Å². The molecule has 2 aromatic rings. The third kappa shape index (κ3) is 3.60. The molecule has 1 heterocycles. The molecule has 0 amide bonds. The highest BCUT2D eigenvalue weighted by Gasteiger charge is 2.45. The molecule has 0 radical (unpaired) electrons. The second kappa shape index (κ2) is 7.21. The lowest BCUT2D eigenvalue weighted by atomic mass is 9.93. The van der Waals surface area contributed by atoms with Gasteiger partial charge in [0.1, 0.15) is 24.4 Å². The normalized spacial score (nSPS) is 31.0. The van der Waals surface area contributed by atoms with Gasteiger partial charge in [0, 0.05) is 0 Å². The highest BCUT2D eigenvalue weighted by atomic mass is 16.6. The molecule has 3 rings (SSSR count). The minimum Gasteiger partial charge on any atom is -0.387 e. The SMILES string of the molecule is OC1O[C@@H](c2ccccc2)[C@@H](O)[C@H](OCc2ccccc2)[C@H]1O. The molecular weight excluding hydrogens is 296 g/mol. The van der Waals surface area contributed by atoms with Crippen molar-refractivity contribution in [1.29, 1.82) is 0 Å². The Kier molecular flexibility index (Phi) is 5.05. The van der Waals surface area contributed by atoms with E-state index in [1.807, 2.05) is 48.5 Å². The van der Waals surface area contributed by atoms with Gasteiger partial charge in [0.05, 0.1) is 6.61 Å². The summed E-state index contributed by atoms with van der Waals surface area (Å²) in [6, 6.07) is 18.6. The van der Waals surface area contributed by atoms with Crippen molar-refractivity contribution in [3.05, 3.63) is 71.8 Å². The molecule has 0 aromatic heterocycles. The van der Waals surface area contributed by atoms with Crippen LogP contribution in [0.15, 0.2) is 60.7 Å². The summed E-state index contributed by atoms with van der Waals surface area (Å²) in [6.07, 6.45) is -5.50. The van der Waals surface area contributed by atoms with Crippen LogP contribution in [-0.2, 0) is 16.1 Å². The summed E-state index contributed by atoms with van der Waals surface area (Å²) in [5.41, 5.74) is 1.64. The molecule has 2 aromatic carbocycles. The van der Waals surface area contributed by atoms with E-state index in [1.54, 1.807) is 12.1 Å². The predicted octanol–water partition coefficient (Wildman–Crippen LogP) is 1.38. The average Bonchev–Trinajstić information content (AvgIpc) is 2.60. The highest BCUT2D eigenvalue weighted by Crippen LogP contribution is 2.33. The monoisotopic (exact) mass is 316 g/mol. The Morgan fingerprint density at radius 3 is 2.09 bits per heavy atom. The van der Waals surface area contributed by atoms with Gasteiger partial charge >= 0.3 is 0 Å². The van der Waals surface area contributed by atoms with Crippen LogP contribution in [0.25, 0.3) is 0 Å². The third-order valence-electron chi connectivity index (χ3n) is 3.97. The van der Waals surface area contributed by atoms with Gasteiger partial charge in [-0.1, -0.05) is 60.7 Å². The summed E-state index contributed by atoms with van der Waals surface area (Å²) >= 11 is 0. The first-order valence-corrected chi connectivity index (χ1v) is 7.57. The molecule has 1 aliphatic rings. The van der Waals surface area contributed by atoms with Gasteiger partial charge in [-0.15, -0.1) is 0 Å². The first-order valence-electron chi connectivity index (χ1n) is 7.57. The molecule has 0 spiro atoms. The van der Waals surface area contributed by atoms with Crippen LogP contribution in [0.3, 0.4) is 0 Å². The Balaban J connectivity index is 1.74. The molecular formula is C18H20O5. The lowest BCUT2D eigenvalue weighted by molar-refractivity contribution is -0.294. The molecule has 0 aliphatic carbocycles.